The van der Waals surface area contributed by atoms with E-state index in [1.807, 2.05) is 24.3 Å². The summed E-state index contributed by atoms with van der Waals surface area (Å²) < 4.78 is 10.5. The molecule has 0 aliphatic carbocycles. The first-order chi connectivity index (χ1) is 16.5. The fourth-order valence-corrected chi connectivity index (χ4v) is 4.11. The van der Waals surface area contributed by atoms with Crippen molar-refractivity contribution in [3.63, 3.8) is 0 Å². The standard InChI is InChI=1S/C29H35NO4/c1-5-8-18-30(19-9-6-2)23-15-17-25-24(7-3)26(29(32)34-27(25)20-23)16-12-21-10-13-22(14-11-21)28(31)33-4/h10-17,20H,5-9,18-19H2,1-4H3/b16-12+. The molecule has 0 saturated carbocycles. The summed E-state index contributed by atoms with van der Waals surface area (Å²) in [5.41, 5.74) is 4.32. The van der Waals surface area contributed by atoms with Crippen LogP contribution in [0, 0.1) is 0 Å². The molecule has 0 spiro atoms. The highest BCUT2D eigenvalue weighted by molar-refractivity contribution is 5.90. The van der Waals surface area contributed by atoms with Crippen LogP contribution in [0.1, 0.15) is 73.5 Å². The Morgan fingerprint density at radius 1 is 0.971 bits per heavy atom. The number of anilines is 1. The van der Waals surface area contributed by atoms with Gasteiger partial charge in [0, 0.05) is 30.2 Å². The van der Waals surface area contributed by atoms with Crippen molar-refractivity contribution in [2.45, 2.75) is 52.9 Å². The van der Waals surface area contributed by atoms with Crippen molar-refractivity contribution < 1.29 is 13.9 Å². The first kappa shape index (κ1) is 25.3. The van der Waals surface area contributed by atoms with Gasteiger partial charge >= 0.3 is 11.6 Å². The molecule has 0 N–H and O–H groups in total. The number of benzene rings is 2. The smallest absolute Gasteiger partial charge is 0.343 e. The number of carbonyl (C=O) groups excluding carboxylic acids is 1. The molecule has 0 unspecified atom stereocenters. The summed E-state index contributed by atoms with van der Waals surface area (Å²) in [6.07, 6.45) is 8.95. The number of hydrogen-bond donors (Lipinski definition) is 0. The Balaban J connectivity index is 1.95. The molecule has 5 nitrogen and oxygen atoms in total. The van der Waals surface area contributed by atoms with Crippen molar-refractivity contribution in [1.29, 1.82) is 0 Å². The van der Waals surface area contributed by atoms with Crippen molar-refractivity contribution >= 4 is 34.8 Å². The molecule has 3 aromatic rings. The molecule has 1 aromatic heterocycles. The molecule has 34 heavy (non-hydrogen) atoms. The molecule has 3 rings (SSSR count). The van der Waals surface area contributed by atoms with E-state index in [9.17, 15) is 9.59 Å². The zero-order valence-electron chi connectivity index (χ0n) is 20.7. The number of methoxy groups -OCH3 is 1. The molecule has 0 amide bonds. The van der Waals surface area contributed by atoms with Crippen molar-refractivity contribution in [2.75, 3.05) is 25.1 Å². The fraction of sp³-hybridized carbons (Fsp3) is 0.379. The number of ether oxygens (including phenoxy) is 1. The van der Waals surface area contributed by atoms with Crippen LogP contribution in [-0.2, 0) is 11.2 Å². The lowest BCUT2D eigenvalue weighted by molar-refractivity contribution is 0.0600. The first-order valence-corrected chi connectivity index (χ1v) is 12.2. The monoisotopic (exact) mass is 461 g/mol. The zero-order chi connectivity index (χ0) is 24.5. The predicted molar refractivity (Wildman–Crippen MR) is 141 cm³/mol. The molecule has 0 aliphatic heterocycles. The average molecular weight is 462 g/mol. The maximum absolute atomic E-state index is 12.9. The molecule has 5 heteroatoms. The summed E-state index contributed by atoms with van der Waals surface area (Å²) in [7, 11) is 1.36. The summed E-state index contributed by atoms with van der Waals surface area (Å²) in [4.78, 5) is 27.0. The SMILES string of the molecule is CCCCN(CCCC)c1ccc2c(CC)c(/C=C/c3ccc(C(=O)OC)cc3)c(=O)oc2c1. The number of nitrogens with zero attached hydrogens (tertiary/aromatic N) is 1. The second-order valence-electron chi connectivity index (χ2n) is 8.46. The minimum Gasteiger partial charge on any atom is -0.465 e. The van der Waals surface area contributed by atoms with Gasteiger partial charge in [-0.1, -0.05) is 51.8 Å². The second kappa shape index (κ2) is 12.2. The Hall–Kier alpha value is -3.34. The number of esters is 1. The quantitative estimate of drug-likeness (QED) is 0.234. The number of rotatable bonds is 11. The number of aryl methyl sites for hydroxylation is 1. The van der Waals surface area contributed by atoms with Crippen LogP contribution in [0.15, 0.2) is 51.7 Å². The lowest BCUT2D eigenvalue weighted by Crippen LogP contribution is -2.25. The Morgan fingerprint density at radius 3 is 2.24 bits per heavy atom. The highest BCUT2D eigenvalue weighted by atomic mass is 16.5. The largest absolute Gasteiger partial charge is 0.465 e. The number of unbranched alkanes of at least 4 members (excludes halogenated alkanes) is 2. The van der Waals surface area contributed by atoms with Gasteiger partial charge in [0.05, 0.1) is 18.2 Å². The van der Waals surface area contributed by atoms with Gasteiger partial charge in [0.1, 0.15) is 5.58 Å². The fourth-order valence-electron chi connectivity index (χ4n) is 4.11. The third-order valence-corrected chi connectivity index (χ3v) is 6.09. The van der Waals surface area contributed by atoms with E-state index in [-0.39, 0.29) is 11.6 Å². The molecule has 0 bridgehead atoms. The summed E-state index contributed by atoms with van der Waals surface area (Å²) in [6, 6.07) is 13.3. The summed E-state index contributed by atoms with van der Waals surface area (Å²) in [5, 5.41) is 0.970. The van der Waals surface area contributed by atoms with E-state index in [2.05, 4.69) is 37.8 Å². The van der Waals surface area contributed by atoms with Gasteiger partial charge in [-0.15, -0.1) is 0 Å². The van der Waals surface area contributed by atoms with Gasteiger partial charge in [0.15, 0.2) is 0 Å². The number of hydrogen-bond acceptors (Lipinski definition) is 5. The maximum atomic E-state index is 12.9. The van der Waals surface area contributed by atoms with Crippen LogP contribution < -0.4 is 10.5 Å². The average Bonchev–Trinajstić information content (AvgIpc) is 2.86. The van der Waals surface area contributed by atoms with E-state index in [0.717, 1.165) is 67.4 Å². The minimum absolute atomic E-state index is 0.336. The third kappa shape index (κ3) is 5.96. The Morgan fingerprint density at radius 2 is 1.65 bits per heavy atom. The van der Waals surface area contributed by atoms with Crippen LogP contribution in [0.25, 0.3) is 23.1 Å². The van der Waals surface area contributed by atoms with Crippen molar-refractivity contribution in [3.05, 3.63) is 75.1 Å². The van der Waals surface area contributed by atoms with Gasteiger partial charge in [-0.2, -0.15) is 0 Å². The lowest BCUT2D eigenvalue weighted by Gasteiger charge is -2.25. The lowest BCUT2D eigenvalue weighted by atomic mass is 10.0. The molecule has 2 aromatic carbocycles. The molecule has 1 heterocycles. The van der Waals surface area contributed by atoms with E-state index in [0.29, 0.717) is 16.7 Å². The molecule has 0 atom stereocenters. The topological polar surface area (TPSA) is 59.8 Å². The van der Waals surface area contributed by atoms with E-state index < -0.39 is 0 Å². The molecule has 0 saturated heterocycles. The maximum Gasteiger partial charge on any atom is 0.343 e. The Kier molecular flexibility index (Phi) is 9.08. The second-order valence-corrected chi connectivity index (χ2v) is 8.46. The predicted octanol–water partition coefficient (Wildman–Crippen LogP) is 6.72. The van der Waals surface area contributed by atoms with Gasteiger partial charge in [-0.25, -0.2) is 9.59 Å². The number of fused-ring (bicyclic) bond motifs is 1. The summed E-state index contributed by atoms with van der Waals surface area (Å²) >= 11 is 0. The van der Waals surface area contributed by atoms with Crippen LogP contribution in [0.2, 0.25) is 0 Å². The van der Waals surface area contributed by atoms with Gasteiger partial charge in [-0.3, -0.25) is 0 Å². The molecule has 0 fully saturated rings. The summed E-state index contributed by atoms with van der Waals surface area (Å²) in [6.45, 7) is 8.46. The third-order valence-electron chi connectivity index (χ3n) is 6.09. The van der Waals surface area contributed by atoms with Crippen LogP contribution in [0.4, 0.5) is 5.69 Å². The molecule has 180 valence electrons. The van der Waals surface area contributed by atoms with E-state index >= 15 is 0 Å². The minimum atomic E-state index is -0.374. The summed E-state index contributed by atoms with van der Waals surface area (Å²) in [5.74, 6) is -0.374. The van der Waals surface area contributed by atoms with Crippen molar-refractivity contribution in [1.82, 2.24) is 0 Å². The van der Waals surface area contributed by atoms with Crippen LogP contribution in [0.5, 0.6) is 0 Å². The molecular formula is C29H35NO4. The van der Waals surface area contributed by atoms with Crippen LogP contribution in [0.3, 0.4) is 0 Å². The molecule has 0 radical (unpaired) electrons. The number of carbonyl (C=O) groups is 1. The van der Waals surface area contributed by atoms with Crippen LogP contribution >= 0.6 is 0 Å². The van der Waals surface area contributed by atoms with Gasteiger partial charge in [0.2, 0.25) is 0 Å². The van der Waals surface area contributed by atoms with Gasteiger partial charge in [0.25, 0.3) is 0 Å². The van der Waals surface area contributed by atoms with Gasteiger partial charge < -0.3 is 14.1 Å². The Labute approximate surface area is 202 Å². The highest BCUT2D eigenvalue weighted by Crippen LogP contribution is 2.27. The Bertz CT molecular complexity index is 1180. The van der Waals surface area contributed by atoms with Crippen molar-refractivity contribution in [3.8, 4) is 0 Å². The zero-order valence-corrected chi connectivity index (χ0v) is 20.7. The van der Waals surface area contributed by atoms with Crippen molar-refractivity contribution in [2.24, 2.45) is 0 Å². The van der Waals surface area contributed by atoms with E-state index in [1.54, 1.807) is 18.2 Å². The molecule has 0 aliphatic rings. The van der Waals surface area contributed by atoms with E-state index in [1.165, 1.54) is 7.11 Å². The van der Waals surface area contributed by atoms with Crippen LogP contribution in [-0.4, -0.2) is 26.2 Å². The highest BCUT2D eigenvalue weighted by Gasteiger charge is 2.14. The normalized spacial score (nSPS) is 11.3. The first-order valence-electron chi connectivity index (χ1n) is 12.2. The van der Waals surface area contributed by atoms with E-state index in [4.69, 9.17) is 9.15 Å². The molecular weight excluding hydrogens is 426 g/mol. The van der Waals surface area contributed by atoms with Gasteiger partial charge in [-0.05, 0) is 60.7 Å².